The van der Waals surface area contributed by atoms with Crippen LogP contribution in [0.1, 0.15) is 24.8 Å². The lowest BCUT2D eigenvalue weighted by Crippen LogP contribution is -2.29. The molecule has 0 aliphatic carbocycles. The van der Waals surface area contributed by atoms with Gasteiger partial charge in [0.25, 0.3) is 0 Å². The maximum Gasteiger partial charge on any atom is 0.0366 e. The van der Waals surface area contributed by atoms with E-state index in [1.165, 1.54) is 54.7 Å². The number of aryl methyl sites for hydroxylation is 1. The fraction of sp³-hybridized carbons (Fsp3) is 0.353. The normalized spacial score (nSPS) is 15.5. The van der Waals surface area contributed by atoms with Crippen molar-refractivity contribution in [3.8, 4) is 11.1 Å². The van der Waals surface area contributed by atoms with Crippen LogP contribution in [-0.4, -0.2) is 18.1 Å². The number of nitrogens with zero attached hydrogens (tertiary/aromatic N) is 2. The molecule has 2 heteroatoms. The molecule has 0 N–H and O–H groups in total. The molecule has 0 atom stereocenters. The van der Waals surface area contributed by atoms with Crippen LogP contribution < -0.4 is 4.90 Å². The smallest absolute Gasteiger partial charge is 0.0366 e. The van der Waals surface area contributed by atoms with Gasteiger partial charge >= 0.3 is 0 Å². The molecule has 19 heavy (non-hydrogen) atoms. The Balaban J connectivity index is 1.82. The van der Waals surface area contributed by atoms with E-state index in [9.17, 15) is 0 Å². The van der Waals surface area contributed by atoms with Crippen molar-refractivity contribution in [1.82, 2.24) is 4.98 Å². The van der Waals surface area contributed by atoms with Crippen LogP contribution in [0.3, 0.4) is 0 Å². The second kappa shape index (κ2) is 5.43. The first-order valence-corrected chi connectivity index (χ1v) is 7.10. The van der Waals surface area contributed by atoms with E-state index < -0.39 is 0 Å². The van der Waals surface area contributed by atoms with E-state index in [2.05, 4.69) is 47.1 Å². The third kappa shape index (κ3) is 2.78. The minimum absolute atomic E-state index is 1.20. The van der Waals surface area contributed by atoms with Gasteiger partial charge in [-0.1, -0.05) is 12.1 Å². The van der Waals surface area contributed by atoms with Gasteiger partial charge in [-0.15, -0.1) is 0 Å². The van der Waals surface area contributed by atoms with Crippen LogP contribution in [0.5, 0.6) is 0 Å². The average Bonchev–Trinajstić information content (AvgIpc) is 2.48. The molecule has 1 aliphatic rings. The highest BCUT2D eigenvalue weighted by molar-refractivity contribution is 5.66. The third-order valence-corrected chi connectivity index (χ3v) is 3.80. The van der Waals surface area contributed by atoms with Crippen LogP contribution in [0.4, 0.5) is 5.69 Å². The molecular formula is C17H20N2. The number of piperidine rings is 1. The van der Waals surface area contributed by atoms with E-state index in [4.69, 9.17) is 0 Å². The molecule has 1 aromatic carbocycles. The summed E-state index contributed by atoms with van der Waals surface area (Å²) < 4.78 is 0. The Morgan fingerprint density at radius 3 is 2.32 bits per heavy atom. The summed E-state index contributed by atoms with van der Waals surface area (Å²) in [6, 6.07) is 11.1. The minimum atomic E-state index is 1.20. The van der Waals surface area contributed by atoms with Gasteiger partial charge in [0.05, 0.1) is 0 Å². The van der Waals surface area contributed by atoms with Crippen molar-refractivity contribution in [2.75, 3.05) is 18.0 Å². The zero-order chi connectivity index (χ0) is 13.1. The van der Waals surface area contributed by atoms with E-state index in [1.807, 2.05) is 12.4 Å². The van der Waals surface area contributed by atoms with Crippen molar-refractivity contribution >= 4 is 5.69 Å². The molecule has 1 saturated heterocycles. The molecule has 2 aromatic rings. The highest BCUT2D eigenvalue weighted by Crippen LogP contribution is 2.25. The van der Waals surface area contributed by atoms with Gasteiger partial charge in [0.15, 0.2) is 0 Å². The van der Waals surface area contributed by atoms with Gasteiger partial charge < -0.3 is 4.90 Å². The first kappa shape index (κ1) is 12.2. The molecular weight excluding hydrogens is 232 g/mol. The summed E-state index contributed by atoms with van der Waals surface area (Å²) >= 11 is 0. The zero-order valence-electron chi connectivity index (χ0n) is 11.5. The second-order valence-corrected chi connectivity index (χ2v) is 5.35. The summed E-state index contributed by atoms with van der Waals surface area (Å²) in [6.07, 6.45) is 7.85. The fourth-order valence-electron chi connectivity index (χ4n) is 2.73. The van der Waals surface area contributed by atoms with E-state index >= 15 is 0 Å². The van der Waals surface area contributed by atoms with Crippen molar-refractivity contribution in [2.45, 2.75) is 26.2 Å². The van der Waals surface area contributed by atoms with Crippen LogP contribution in [0.2, 0.25) is 0 Å². The summed E-state index contributed by atoms with van der Waals surface area (Å²) in [5, 5.41) is 0. The molecule has 2 nitrogen and oxygen atoms in total. The van der Waals surface area contributed by atoms with Crippen molar-refractivity contribution in [1.29, 1.82) is 0 Å². The molecule has 0 spiro atoms. The molecule has 0 saturated carbocycles. The Morgan fingerprint density at radius 2 is 1.63 bits per heavy atom. The van der Waals surface area contributed by atoms with E-state index in [-0.39, 0.29) is 0 Å². The summed E-state index contributed by atoms with van der Waals surface area (Å²) in [5.74, 6) is 0. The Hall–Kier alpha value is -1.83. The van der Waals surface area contributed by atoms with Crippen LogP contribution in [-0.2, 0) is 0 Å². The van der Waals surface area contributed by atoms with Gasteiger partial charge in [0, 0.05) is 36.7 Å². The molecule has 3 rings (SSSR count). The second-order valence-electron chi connectivity index (χ2n) is 5.35. The van der Waals surface area contributed by atoms with E-state index in [1.54, 1.807) is 0 Å². The predicted molar refractivity (Wildman–Crippen MR) is 80.5 cm³/mol. The lowest BCUT2D eigenvalue weighted by molar-refractivity contribution is 0.578. The highest BCUT2D eigenvalue weighted by Gasteiger charge is 2.10. The van der Waals surface area contributed by atoms with Crippen LogP contribution in [0.25, 0.3) is 11.1 Å². The van der Waals surface area contributed by atoms with Crippen LogP contribution in [0, 0.1) is 6.92 Å². The Morgan fingerprint density at radius 1 is 0.895 bits per heavy atom. The summed E-state index contributed by atoms with van der Waals surface area (Å²) in [5.41, 5.74) is 5.00. The largest absolute Gasteiger partial charge is 0.372 e. The standard InChI is InChI=1S/C17H20N2/c1-14-11-16(13-18-12-14)15-5-7-17(8-6-15)19-9-3-2-4-10-19/h5-8,11-13H,2-4,9-10H2,1H3. The lowest BCUT2D eigenvalue weighted by Gasteiger charge is -2.28. The minimum Gasteiger partial charge on any atom is -0.372 e. The zero-order valence-corrected chi connectivity index (χ0v) is 11.5. The molecule has 0 bridgehead atoms. The molecule has 0 radical (unpaired) electrons. The molecule has 2 heterocycles. The van der Waals surface area contributed by atoms with E-state index in [0.29, 0.717) is 0 Å². The van der Waals surface area contributed by atoms with Crippen molar-refractivity contribution in [3.05, 3.63) is 48.3 Å². The maximum absolute atomic E-state index is 4.26. The quantitative estimate of drug-likeness (QED) is 0.801. The highest BCUT2D eigenvalue weighted by atomic mass is 15.1. The first-order valence-electron chi connectivity index (χ1n) is 7.10. The van der Waals surface area contributed by atoms with Gasteiger partial charge in [-0.05, 0) is 55.5 Å². The SMILES string of the molecule is Cc1cncc(-c2ccc(N3CCCCC3)cc2)c1. The molecule has 0 unspecified atom stereocenters. The number of rotatable bonds is 2. The van der Waals surface area contributed by atoms with Crippen molar-refractivity contribution in [2.24, 2.45) is 0 Å². The fourth-order valence-corrected chi connectivity index (χ4v) is 2.73. The number of aromatic nitrogens is 1. The van der Waals surface area contributed by atoms with Crippen LogP contribution in [0.15, 0.2) is 42.7 Å². The molecule has 1 fully saturated rings. The number of hydrogen-bond acceptors (Lipinski definition) is 2. The average molecular weight is 252 g/mol. The Bertz CT molecular complexity index is 539. The summed E-state index contributed by atoms with van der Waals surface area (Å²) in [6.45, 7) is 4.48. The van der Waals surface area contributed by atoms with Crippen molar-refractivity contribution in [3.63, 3.8) is 0 Å². The van der Waals surface area contributed by atoms with Crippen molar-refractivity contribution < 1.29 is 0 Å². The van der Waals surface area contributed by atoms with Gasteiger partial charge in [0.2, 0.25) is 0 Å². The van der Waals surface area contributed by atoms with Gasteiger partial charge in [-0.25, -0.2) is 0 Å². The summed E-state index contributed by atoms with van der Waals surface area (Å²) in [7, 11) is 0. The molecule has 1 aliphatic heterocycles. The Kier molecular flexibility index (Phi) is 3.49. The molecule has 0 amide bonds. The van der Waals surface area contributed by atoms with Crippen LogP contribution >= 0.6 is 0 Å². The number of anilines is 1. The number of benzene rings is 1. The molecule has 1 aromatic heterocycles. The third-order valence-electron chi connectivity index (χ3n) is 3.80. The maximum atomic E-state index is 4.26. The number of pyridine rings is 1. The number of hydrogen-bond donors (Lipinski definition) is 0. The molecule has 98 valence electrons. The predicted octanol–water partition coefficient (Wildman–Crippen LogP) is 4.05. The topological polar surface area (TPSA) is 16.1 Å². The lowest BCUT2D eigenvalue weighted by atomic mass is 10.0. The first-order chi connectivity index (χ1) is 9.33. The van der Waals surface area contributed by atoms with E-state index in [0.717, 1.165) is 0 Å². The van der Waals surface area contributed by atoms with Gasteiger partial charge in [-0.2, -0.15) is 0 Å². The monoisotopic (exact) mass is 252 g/mol. The van der Waals surface area contributed by atoms with Gasteiger partial charge in [-0.3, -0.25) is 4.98 Å². The summed E-state index contributed by atoms with van der Waals surface area (Å²) in [4.78, 5) is 6.75. The Labute approximate surface area is 115 Å². The van der Waals surface area contributed by atoms with Gasteiger partial charge in [0.1, 0.15) is 0 Å².